The van der Waals surface area contributed by atoms with E-state index >= 15 is 0 Å². The fraction of sp³-hybridized carbons (Fsp3) is 0.350. The Hall–Kier alpha value is -2.13. The van der Waals surface area contributed by atoms with E-state index in [-0.39, 0.29) is 5.91 Å². The van der Waals surface area contributed by atoms with Crippen molar-refractivity contribution >= 4 is 11.6 Å². The Labute approximate surface area is 138 Å². The van der Waals surface area contributed by atoms with Crippen LogP contribution in [-0.2, 0) is 4.79 Å². The molecule has 1 saturated heterocycles. The second kappa shape index (κ2) is 7.93. The number of carbonyl (C=O) groups is 1. The van der Waals surface area contributed by atoms with Crippen molar-refractivity contribution in [3.63, 3.8) is 0 Å². The lowest BCUT2D eigenvalue weighted by molar-refractivity contribution is -0.890. The lowest BCUT2D eigenvalue weighted by atomic mass is 10.0. The van der Waals surface area contributed by atoms with Crippen LogP contribution in [0, 0.1) is 0 Å². The predicted molar refractivity (Wildman–Crippen MR) is 94.5 cm³/mol. The summed E-state index contributed by atoms with van der Waals surface area (Å²) in [6.45, 7) is 2.81. The highest BCUT2D eigenvalue weighted by Gasteiger charge is 2.17. The van der Waals surface area contributed by atoms with Crippen LogP contribution in [0.4, 0.5) is 5.69 Å². The Morgan fingerprint density at radius 3 is 2.26 bits per heavy atom. The maximum Gasteiger partial charge on any atom is 0.279 e. The molecule has 120 valence electrons. The van der Waals surface area contributed by atoms with Gasteiger partial charge in [0, 0.05) is 11.3 Å². The third-order valence-corrected chi connectivity index (χ3v) is 4.51. The van der Waals surface area contributed by atoms with Crippen LogP contribution in [0.2, 0.25) is 0 Å². The zero-order chi connectivity index (χ0) is 15.9. The van der Waals surface area contributed by atoms with Gasteiger partial charge < -0.3 is 10.2 Å². The van der Waals surface area contributed by atoms with Gasteiger partial charge in [-0.2, -0.15) is 0 Å². The molecule has 0 aromatic heterocycles. The van der Waals surface area contributed by atoms with Gasteiger partial charge in [-0.15, -0.1) is 0 Å². The molecule has 0 bridgehead atoms. The minimum absolute atomic E-state index is 0.116. The molecule has 0 atom stereocenters. The second-order valence-electron chi connectivity index (χ2n) is 6.30. The number of carbonyl (C=O) groups excluding carboxylic acids is 1. The molecular weight excluding hydrogens is 284 g/mol. The summed E-state index contributed by atoms with van der Waals surface area (Å²) in [6.07, 6.45) is 5.09. The number of rotatable bonds is 4. The van der Waals surface area contributed by atoms with Crippen molar-refractivity contribution < 1.29 is 9.69 Å². The van der Waals surface area contributed by atoms with Crippen molar-refractivity contribution in [2.45, 2.75) is 25.7 Å². The average Bonchev–Trinajstić information content (AvgIpc) is 2.85. The fourth-order valence-electron chi connectivity index (χ4n) is 3.29. The maximum atomic E-state index is 12.4. The number of amides is 1. The number of nitrogens with one attached hydrogen (secondary N) is 2. The molecule has 23 heavy (non-hydrogen) atoms. The van der Waals surface area contributed by atoms with Crippen LogP contribution in [0.5, 0.6) is 0 Å². The number of para-hydroxylation sites is 1. The largest absolute Gasteiger partial charge is 0.327 e. The Bertz CT molecular complexity index is 631. The molecular formula is C20H25N2O+. The summed E-state index contributed by atoms with van der Waals surface area (Å²) in [4.78, 5) is 13.9. The summed E-state index contributed by atoms with van der Waals surface area (Å²) in [7, 11) is 0. The first kappa shape index (κ1) is 15.8. The third-order valence-electron chi connectivity index (χ3n) is 4.51. The fourth-order valence-corrected chi connectivity index (χ4v) is 3.29. The average molecular weight is 309 g/mol. The van der Waals surface area contributed by atoms with E-state index in [0.717, 1.165) is 29.9 Å². The van der Waals surface area contributed by atoms with E-state index in [1.165, 1.54) is 30.6 Å². The number of benzene rings is 2. The monoisotopic (exact) mass is 309 g/mol. The van der Waals surface area contributed by atoms with E-state index in [9.17, 15) is 4.79 Å². The van der Waals surface area contributed by atoms with E-state index in [2.05, 4.69) is 23.5 Å². The van der Waals surface area contributed by atoms with Crippen LogP contribution in [0.3, 0.4) is 0 Å². The standard InChI is InChI=1S/C20H24N2O/c23-20(16-22-14-8-1-2-9-15-22)21-19-13-7-6-12-18(19)17-10-4-3-5-11-17/h3-7,10-13H,1-2,8-9,14-16H2,(H,21,23)/p+1. The number of hydrogen-bond donors (Lipinski definition) is 2. The van der Waals surface area contributed by atoms with Crippen molar-refractivity contribution in [2.24, 2.45) is 0 Å². The van der Waals surface area contributed by atoms with E-state index in [4.69, 9.17) is 0 Å². The molecule has 3 rings (SSSR count). The van der Waals surface area contributed by atoms with Gasteiger partial charge in [-0.25, -0.2) is 0 Å². The highest BCUT2D eigenvalue weighted by Crippen LogP contribution is 2.27. The van der Waals surface area contributed by atoms with Crippen LogP contribution in [0.25, 0.3) is 11.1 Å². The summed E-state index contributed by atoms with van der Waals surface area (Å²) in [6, 6.07) is 18.2. The van der Waals surface area contributed by atoms with Gasteiger partial charge in [-0.3, -0.25) is 4.79 Å². The quantitative estimate of drug-likeness (QED) is 0.894. The molecule has 1 heterocycles. The Kier molecular flexibility index (Phi) is 5.43. The van der Waals surface area contributed by atoms with Gasteiger partial charge in [0.25, 0.3) is 5.91 Å². The van der Waals surface area contributed by atoms with Crippen molar-refractivity contribution in [1.82, 2.24) is 0 Å². The molecule has 0 unspecified atom stereocenters. The van der Waals surface area contributed by atoms with Gasteiger partial charge in [-0.05, 0) is 37.3 Å². The number of anilines is 1. The molecule has 0 saturated carbocycles. The lowest BCUT2D eigenvalue weighted by Gasteiger charge is -2.17. The van der Waals surface area contributed by atoms with Gasteiger partial charge in [0.15, 0.2) is 6.54 Å². The minimum Gasteiger partial charge on any atom is -0.327 e. The highest BCUT2D eigenvalue weighted by molar-refractivity contribution is 5.96. The second-order valence-corrected chi connectivity index (χ2v) is 6.30. The first-order valence-corrected chi connectivity index (χ1v) is 8.61. The molecule has 3 nitrogen and oxygen atoms in total. The molecule has 2 aromatic rings. The predicted octanol–water partition coefficient (Wildman–Crippen LogP) is 2.75. The van der Waals surface area contributed by atoms with Crippen LogP contribution >= 0.6 is 0 Å². The van der Waals surface area contributed by atoms with Gasteiger partial charge in [0.05, 0.1) is 13.1 Å². The summed E-state index contributed by atoms with van der Waals surface area (Å²) >= 11 is 0. The van der Waals surface area contributed by atoms with Gasteiger partial charge in [0.1, 0.15) is 0 Å². The summed E-state index contributed by atoms with van der Waals surface area (Å²) < 4.78 is 0. The molecule has 3 heteroatoms. The number of quaternary nitrogens is 1. The summed E-state index contributed by atoms with van der Waals surface area (Å²) in [5, 5.41) is 3.12. The molecule has 1 aliphatic rings. The topological polar surface area (TPSA) is 33.5 Å². The maximum absolute atomic E-state index is 12.4. The van der Waals surface area contributed by atoms with Crippen molar-refractivity contribution in [1.29, 1.82) is 0 Å². The highest BCUT2D eigenvalue weighted by atomic mass is 16.2. The first-order valence-electron chi connectivity index (χ1n) is 8.61. The van der Waals surface area contributed by atoms with Crippen molar-refractivity contribution in [3.05, 3.63) is 54.6 Å². The zero-order valence-corrected chi connectivity index (χ0v) is 13.6. The molecule has 1 amide bonds. The molecule has 2 N–H and O–H groups in total. The Morgan fingerprint density at radius 1 is 0.870 bits per heavy atom. The smallest absolute Gasteiger partial charge is 0.279 e. The number of hydrogen-bond acceptors (Lipinski definition) is 1. The third kappa shape index (κ3) is 4.42. The molecule has 0 radical (unpaired) electrons. The zero-order valence-electron chi connectivity index (χ0n) is 13.6. The van der Waals surface area contributed by atoms with Crippen LogP contribution < -0.4 is 10.2 Å². The lowest BCUT2D eigenvalue weighted by Crippen LogP contribution is -3.12. The normalized spacial score (nSPS) is 15.8. The first-order chi connectivity index (χ1) is 11.3. The molecule has 1 aliphatic heterocycles. The molecule has 2 aromatic carbocycles. The molecule has 0 spiro atoms. The summed E-state index contributed by atoms with van der Waals surface area (Å²) in [5.74, 6) is 0.116. The number of likely N-dealkylation sites (tertiary alicyclic amines) is 1. The van der Waals surface area contributed by atoms with E-state index in [1.54, 1.807) is 0 Å². The van der Waals surface area contributed by atoms with E-state index in [1.807, 2.05) is 36.4 Å². The van der Waals surface area contributed by atoms with Gasteiger partial charge >= 0.3 is 0 Å². The van der Waals surface area contributed by atoms with Crippen molar-refractivity contribution in [3.8, 4) is 11.1 Å². The van der Waals surface area contributed by atoms with Gasteiger partial charge in [-0.1, -0.05) is 48.5 Å². The van der Waals surface area contributed by atoms with E-state index in [0.29, 0.717) is 6.54 Å². The molecule has 1 fully saturated rings. The van der Waals surface area contributed by atoms with Crippen molar-refractivity contribution in [2.75, 3.05) is 25.0 Å². The minimum atomic E-state index is 0.116. The van der Waals surface area contributed by atoms with E-state index < -0.39 is 0 Å². The molecule has 0 aliphatic carbocycles. The summed E-state index contributed by atoms with van der Waals surface area (Å²) in [5.41, 5.74) is 3.11. The van der Waals surface area contributed by atoms with Crippen LogP contribution in [0.1, 0.15) is 25.7 Å². The van der Waals surface area contributed by atoms with Crippen LogP contribution in [-0.4, -0.2) is 25.5 Å². The van der Waals surface area contributed by atoms with Gasteiger partial charge in [0.2, 0.25) is 0 Å². The SMILES string of the molecule is O=C(C[NH+]1CCCCCC1)Nc1ccccc1-c1ccccc1. The Balaban J connectivity index is 1.69. The van der Waals surface area contributed by atoms with Crippen LogP contribution in [0.15, 0.2) is 54.6 Å². The Morgan fingerprint density at radius 2 is 1.52 bits per heavy atom.